The van der Waals surface area contributed by atoms with E-state index in [1.54, 1.807) is 10.7 Å². The SMILES string of the molecule is CC(C)NC(=O)C1(C)CCN(c2ccc(-c3cc(-c4cnn(C5CCC6(CC5)CN(C(=O)O)C6)c4)cn4ncc(C#N)c34)cn2)CC1. The first-order valence-corrected chi connectivity index (χ1v) is 16.5. The van der Waals surface area contributed by atoms with E-state index in [1.807, 2.05) is 44.6 Å². The molecule has 12 heteroatoms. The average molecular weight is 636 g/mol. The van der Waals surface area contributed by atoms with Gasteiger partial charge in [-0.3, -0.25) is 9.48 Å². The maximum atomic E-state index is 12.8. The maximum Gasteiger partial charge on any atom is 0.407 e. The molecule has 4 aromatic heterocycles. The van der Waals surface area contributed by atoms with E-state index in [0.717, 1.165) is 85.2 Å². The Morgan fingerprint density at radius 1 is 1.00 bits per heavy atom. The molecule has 6 heterocycles. The van der Waals surface area contributed by atoms with Crippen LogP contribution in [0.25, 0.3) is 27.8 Å². The number of nitrogens with one attached hydrogen (secondary N) is 1. The van der Waals surface area contributed by atoms with Gasteiger partial charge >= 0.3 is 6.09 Å². The van der Waals surface area contributed by atoms with Crippen molar-refractivity contribution in [3.05, 3.63) is 54.7 Å². The van der Waals surface area contributed by atoms with Crippen molar-refractivity contribution in [2.45, 2.75) is 71.4 Å². The van der Waals surface area contributed by atoms with Crippen LogP contribution in [0, 0.1) is 22.2 Å². The highest BCUT2D eigenvalue weighted by atomic mass is 16.4. The first-order valence-electron chi connectivity index (χ1n) is 16.5. The van der Waals surface area contributed by atoms with Crippen LogP contribution in [0.15, 0.2) is 49.2 Å². The lowest BCUT2D eigenvalue weighted by atomic mass is 9.67. The summed E-state index contributed by atoms with van der Waals surface area (Å²) in [6.45, 7) is 8.81. The molecule has 1 aliphatic carbocycles. The van der Waals surface area contributed by atoms with Gasteiger partial charge in [-0.1, -0.05) is 6.92 Å². The molecule has 12 nitrogen and oxygen atoms in total. The number of aromatic nitrogens is 5. The lowest BCUT2D eigenvalue weighted by Gasteiger charge is -2.52. The largest absolute Gasteiger partial charge is 0.465 e. The molecule has 0 radical (unpaired) electrons. The van der Waals surface area contributed by atoms with E-state index in [9.17, 15) is 20.0 Å². The van der Waals surface area contributed by atoms with E-state index >= 15 is 0 Å². The van der Waals surface area contributed by atoms with Crippen LogP contribution in [0.5, 0.6) is 0 Å². The van der Waals surface area contributed by atoms with Crippen molar-refractivity contribution in [2.24, 2.45) is 10.8 Å². The second-order valence-corrected chi connectivity index (χ2v) is 14.3. The standard InChI is InChI=1S/C35H41N9O3/c1-23(2)40-32(45)34(3)10-12-41(13-11-34)30-5-4-24(16-37-30)29-14-25(19-44-31(29)26(15-36)17-39-44)27-18-38-43(20-27)28-6-8-35(9-7-28)21-42(22-35)33(46)47/h4-5,14,16-20,23,28H,6-13,21-22H2,1-3H3,(H,40,45)(H,46,47). The van der Waals surface area contributed by atoms with Crippen LogP contribution >= 0.6 is 0 Å². The van der Waals surface area contributed by atoms with Gasteiger partial charge in [-0.05, 0) is 70.6 Å². The number of likely N-dealkylation sites (tertiary alicyclic amines) is 1. The molecule has 1 spiro atoms. The Morgan fingerprint density at radius 2 is 1.74 bits per heavy atom. The molecule has 2 saturated heterocycles. The van der Waals surface area contributed by atoms with Gasteiger partial charge in [0.25, 0.3) is 0 Å². The topological polar surface area (TPSA) is 145 Å². The molecular formula is C35H41N9O3. The summed E-state index contributed by atoms with van der Waals surface area (Å²) in [4.78, 5) is 32.6. The highest BCUT2D eigenvalue weighted by Crippen LogP contribution is 2.47. The van der Waals surface area contributed by atoms with Gasteiger partial charge in [0, 0.05) is 83.9 Å². The van der Waals surface area contributed by atoms with Gasteiger partial charge in [0.1, 0.15) is 11.9 Å². The van der Waals surface area contributed by atoms with Crippen molar-refractivity contribution >= 4 is 23.3 Å². The molecule has 2 aliphatic heterocycles. The molecule has 0 aromatic carbocycles. The zero-order valence-corrected chi connectivity index (χ0v) is 27.2. The fraction of sp³-hybridized carbons (Fsp3) is 0.486. The number of pyridine rings is 2. The number of piperidine rings is 1. The van der Waals surface area contributed by atoms with Crippen molar-refractivity contribution in [3.8, 4) is 28.3 Å². The van der Waals surface area contributed by atoms with Crippen molar-refractivity contribution in [3.63, 3.8) is 0 Å². The summed E-state index contributed by atoms with van der Waals surface area (Å²) in [6.07, 6.45) is 14.0. The van der Waals surface area contributed by atoms with Crippen molar-refractivity contribution in [1.82, 2.24) is 34.6 Å². The molecule has 0 bridgehead atoms. The average Bonchev–Trinajstić information content (AvgIpc) is 3.71. The number of carbonyl (C=O) groups is 2. The summed E-state index contributed by atoms with van der Waals surface area (Å²) in [7, 11) is 0. The van der Waals surface area contributed by atoms with Crippen LogP contribution in [0.4, 0.5) is 10.6 Å². The van der Waals surface area contributed by atoms with Gasteiger partial charge in [0.05, 0.1) is 29.5 Å². The highest BCUT2D eigenvalue weighted by molar-refractivity contribution is 5.87. The Labute approximate surface area is 274 Å². The summed E-state index contributed by atoms with van der Waals surface area (Å²) in [6, 6.07) is 8.83. The molecule has 7 rings (SSSR count). The summed E-state index contributed by atoms with van der Waals surface area (Å²) >= 11 is 0. The van der Waals surface area contributed by atoms with Crippen LogP contribution < -0.4 is 10.2 Å². The molecule has 3 fully saturated rings. The van der Waals surface area contributed by atoms with Crippen LogP contribution in [0.2, 0.25) is 0 Å². The number of anilines is 1. The van der Waals surface area contributed by atoms with Crippen molar-refractivity contribution in [1.29, 1.82) is 5.26 Å². The lowest BCUT2D eigenvalue weighted by Crippen LogP contribution is -2.59. The Kier molecular flexibility index (Phi) is 7.65. The smallest absolute Gasteiger partial charge is 0.407 e. The molecule has 0 atom stereocenters. The van der Waals surface area contributed by atoms with Gasteiger partial charge in [0.15, 0.2) is 0 Å². The van der Waals surface area contributed by atoms with E-state index in [-0.39, 0.29) is 28.8 Å². The van der Waals surface area contributed by atoms with Crippen LogP contribution in [-0.4, -0.2) is 78.6 Å². The number of carbonyl (C=O) groups excluding carboxylic acids is 1. The lowest BCUT2D eigenvalue weighted by molar-refractivity contribution is -0.131. The third-order valence-corrected chi connectivity index (χ3v) is 10.6. The molecular weight excluding hydrogens is 594 g/mol. The second kappa shape index (κ2) is 11.7. The number of nitriles is 1. The van der Waals surface area contributed by atoms with E-state index in [4.69, 9.17) is 10.1 Å². The predicted octanol–water partition coefficient (Wildman–Crippen LogP) is 5.36. The molecule has 4 aromatic rings. The Morgan fingerprint density at radius 3 is 2.38 bits per heavy atom. The molecule has 2 amide bonds. The van der Waals surface area contributed by atoms with Gasteiger partial charge in [-0.2, -0.15) is 15.5 Å². The number of nitrogens with zero attached hydrogens (tertiary/aromatic N) is 8. The minimum absolute atomic E-state index is 0.119. The zero-order valence-electron chi connectivity index (χ0n) is 27.2. The summed E-state index contributed by atoms with van der Waals surface area (Å²) in [5, 5.41) is 31.4. The van der Waals surface area contributed by atoms with Crippen molar-refractivity contribution < 1.29 is 14.7 Å². The van der Waals surface area contributed by atoms with Gasteiger partial charge in [0.2, 0.25) is 5.91 Å². The maximum absolute atomic E-state index is 12.8. The minimum atomic E-state index is -0.824. The van der Waals surface area contributed by atoms with Crippen LogP contribution in [0.1, 0.15) is 70.9 Å². The number of hydrogen-bond donors (Lipinski definition) is 2. The van der Waals surface area contributed by atoms with Crippen LogP contribution in [0.3, 0.4) is 0 Å². The first kappa shape index (κ1) is 30.7. The second-order valence-electron chi connectivity index (χ2n) is 14.3. The predicted molar refractivity (Wildman–Crippen MR) is 177 cm³/mol. The number of fused-ring (bicyclic) bond motifs is 1. The summed E-state index contributed by atoms with van der Waals surface area (Å²) in [5.74, 6) is 0.989. The van der Waals surface area contributed by atoms with E-state index < -0.39 is 6.09 Å². The minimum Gasteiger partial charge on any atom is -0.465 e. The molecule has 0 unspecified atom stereocenters. The van der Waals surface area contributed by atoms with E-state index in [2.05, 4.69) is 45.3 Å². The number of amides is 2. The third kappa shape index (κ3) is 5.68. The molecule has 3 aliphatic rings. The number of carboxylic acid groups (broad SMARTS) is 1. The number of hydrogen-bond acceptors (Lipinski definition) is 7. The Bertz CT molecular complexity index is 1840. The molecule has 2 N–H and O–H groups in total. The number of rotatable bonds is 6. The summed E-state index contributed by atoms with van der Waals surface area (Å²) in [5.41, 5.74) is 4.64. The summed E-state index contributed by atoms with van der Waals surface area (Å²) < 4.78 is 3.81. The molecule has 47 heavy (non-hydrogen) atoms. The Balaban J connectivity index is 1.09. The fourth-order valence-corrected chi connectivity index (χ4v) is 7.59. The quantitative estimate of drug-likeness (QED) is 0.288. The van der Waals surface area contributed by atoms with Gasteiger partial charge in [-0.25, -0.2) is 14.3 Å². The van der Waals surface area contributed by atoms with Crippen LogP contribution in [-0.2, 0) is 4.79 Å². The Hall–Kier alpha value is -4.92. The van der Waals surface area contributed by atoms with Crippen molar-refractivity contribution in [2.75, 3.05) is 31.1 Å². The monoisotopic (exact) mass is 635 g/mol. The molecule has 244 valence electrons. The van der Waals surface area contributed by atoms with Gasteiger partial charge < -0.3 is 20.2 Å². The van der Waals surface area contributed by atoms with E-state index in [0.29, 0.717) is 18.7 Å². The zero-order chi connectivity index (χ0) is 32.9. The first-order chi connectivity index (χ1) is 22.6. The van der Waals surface area contributed by atoms with E-state index in [1.165, 1.54) is 4.90 Å². The third-order valence-electron chi connectivity index (χ3n) is 10.6. The van der Waals surface area contributed by atoms with Gasteiger partial charge in [-0.15, -0.1) is 0 Å². The molecule has 1 saturated carbocycles. The highest BCUT2D eigenvalue weighted by Gasteiger charge is 2.47. The normalized spacial score (nSPS) is 19.1. The fourth-order valence-electron chi connectivity index (χ4n) is 7.59.